The van der Waals surface area contributed by atoms with Gasteiger partial charge in [0.2, 0.25) is 10.0 Å². The number of hydrogen-bond donors (Lipinski definition) is 0. The zero-order valence-corrected chi connectivity index (χ0v) is 13.3. The van der Waals surface area contributed by atoms with Gasteiger partial charge in [0.1, 0.15) is 5.82 Å². The molecule has 1 saturated heterocycles. The summed E-state index contributed by atoms with van der Waals surface area (Å²) in [4.78, 5) is 0.158. The highest BCUT2D eigenvalue weighted by Crippen LogP contribution is 2.39. The quantitative estimate of drug-likeness (QED) is 0.795. The number of fused-ring (bicyclic) bond motifs is 1. The van der Waals surface area contributed by atoms with E-state index in [2.05, 4.69) is 0 Å². The van der Waals surface area contributed by atoms with Crippen molar-refractivity contribution in [2.24, 2.45) is 5.92 Å². The van der Waals surface area contributed by atoms with Gasteiger partial charge >= 0.3 is 0 Å². The molecule has 0 radical (unpaired) electrons. The molecule has 3 rings (SSSR count). The molecular weight excluding hydrogens is 313 g/mol. The lowest BCUT2D eigenvalue weighted by Crippen LogP contribution is -2.39. The fraction of sp³-hybridized carbons (Fsp3) is 0.600. The molecule has 3 nitrogen and oxygen atoms in total. The Balaban J connectivity index is 1.93. The number of rotatable bonds is 3. The lowest BCUT2D eigenvalue weighted by atomic mass is 9.86. The van der Waals surface area contributed by atoms with Crippen LogP contribution in [0.3, 0.4) is 0 Å². The molecule has 0 aromatic heterocycles. The van der Waals surface area contributed by atoms with Crippen LogP contribution in [0.5, 0.6) is 0 Å². The largest absolute Gasteiger partial charge is 0.243 e. The predicted molar refractivity (Wildman–Crippen MR) is 80.2 cm³/mol. The average Bonchev–Trinajstić information content (AvgIpc) is 2.92. The van der Waals surface area contributed by atoms with Crippen molar-refractivity contribution in [1.82, 2.24) is 4.31 Å². The maximum atomic E-state index is 13.5. The van der Waals surface area contributed by atoms with Crippen LogP contribution >= 0.6 is 11.6 Å². The molecule has 2 aliphatic rings. The first-order chi connectivity index (χ1) is 10.0. The van der Waals surface area contributed by atoms with Gasteiger partial charge in [0.05, 0.1) is 10.8 Å². The minimum absolute atomic E-state index is 0.0265. The number of hydrogen-bond acceptors (Lipinski definition) is 2. The molecule has 2 atom stereocenters. The van der Waals surface area contributed by atoms with Gasteiger partial charge in [0.15, 0.2) is 0 Å². The second-order valence-corrected chi connectivity index (χ2v) is 8.06. The summed E-state index contributed by atoms with van der Waals surface area (Å²) in [5, 5.41) is 0. The first-order valence-corrected chi connectivity index (χ1v) is 9.37. The summed E-state index contributed by atoms with van der Waals surface area (Å²) in [6, 6.07) is 4.03. The van der Waals surface area contributed by atoms with Crippen LogP contribution < -0.4 is 0 Å². The zero-order valence-electron chi connectivity index (χ0n) is 11.8. The van der Waals surface area contributed by atoms with E-state index in [1.807, 2.05) is 0 Å². The van der Waals surface area contributed by atoms with Gasteiger partial charge in [-0.25, -0.2) is 12.8 Å². The maximum Gasteiger partial charge on any atom is 0.243 e. The highest BCUT2D eigenvalue weighted by atomic mass is 35.5. The van der Waals surface area contributed by atoms with E-state index in [1.165, 1.54) is 24.6 Å². The molecule has 0 N–H and O–H groups in total. The molecule has 0 amide bonds. The number of alkyl halides is 1. The van der Waals surface area contributed by atoms with E-state index in [9.17, 15) is 12.8 Å². The number of nitrogens with zero attached hydrogens (tertiary/aromatic N) is 1. The molecule has 2 unspecified atom stereocenters. The maximum absolute atomic E-state index is 13.5. The van der Waals surface area contributed by atoms with E-state index < -0.39 is 15.8 Å². The third kappa shape index (κ3) is 2.71. The fourth-order valence-electron chi connectivity index (χ4n) is 3.61. The fourth-order valence-corrected chi connectivity index (χ4v) is 5.60. The molecule has 1 heterocycles. The SMILES string of the molecule is O=S(=O)(c1ccc(F)c(CCl)c1)N1CCC2CCCCC21. The van der Waals surface area contributed by atoms with E-state index in [0.717, 1.165) is 25.7 Å². The number of halogens is 2. The van der Waals surface area contributed by atoms with Crippen molar-refractivity contribution in [2.75, 3.05) is 6.54 Å². The van der Waals surface area contributed by atoms with Crippen LogP contribution in [0.15, 0.2) is 23.1 Å². The minimum Gasteiger partial charge on any atom is -0.207 e. The molecule has 1 aliphatic carbocycles. The average molecular weight is 332 g/mol. The second-order valence-electron chi connectivity index (χ2n) is 5.90. The standard InChI is InChI=1S/C15H19ClFNO2S/c16-10-12-9-13(5-6-14(12)17)21(19,20)18-8-7-11-3-1-2-4-15(11)18/h5-6,9,11,15H,1-4,7-8,10H2. The third-order valence-electron chi connectivity index (χ3n) is 4.73. The van der Waals surface area contributed by atoms with Gasteiger partial charge in [-0.1, -0.05) is 12.8 Å². The molecule has 1 aromatic rings. The van der Waals surface area contributed by atoms with Crippen molar-refractivity contribution in [3.05, 3.63) is 29.6 Å². The molecule has 1 aromatic carbocycles. The van der Waals surface area contributed by atoms with E-state index in [-0.39, 0.29) is 22.4 Å². The smallest absolute Gasteiger partial charge is 0.207 e. The second kappa shape index (κ2) is 5.86. The summed E-state index contributed by atoms with van der Waals surface area (Å²) in [7, 11) is -3.55. The van der Waals surface area contributed by atoms with Crippen molar-refractivity contribution in [1.29, 1.82) is 0 Å². The van der Waals surface area contributed by atoms with E-state index in [4.69, 9.17) is 11.6 Å². The van der Waals surface area contributed by atoms with E-state index in [1.54, 1.807) is 4.31 Å². The van der Waals surface area contributed by atoms with Crippen LogP contribution in [0.4, 0.5) is 4.39 Å². The van der Waals surface area contributed by atoms with Gasteiger partial charge in [-0.15, -0.1) is 11.6 Å². The Hall–Kier alpha value is -0.650. The van der Waals surface area contributed by atoms with Gasteiger partial charge < -0.3 is 0 Å². The summed E-state index contributed by atoms with van der Waals surface area (Å²) in [6.07, 6.45) is 5.28. The van der Waals surface area contributed by atoms with Crippen LogP contribution in [0.2, 0.25) is 0 Å². The summed E-state index contributed by atoms with van der Waals surface area (Å²) in [5.74, 6) is 0.00345. The van der Waals surface area contributed by atoms with Gasteiger partial charge in [-0.2, -0.15) is 4.31 Å². The van der Waals surface area contributed by atoms with Crippen LogP contribution in [0.25, 0.3) is 0 Å². The zero-order chi connectivity index (χ0) is 15.0. The van der Waals surface area contributed by atoms with Crippen LogP contribution in [-0.4, -0.2) is 25.3 Å². The Morgan fingerprint density at radius 3 is 2.76 bits per heavy atom. The Morgan fingerprint density at radius 1 is 1.24 bits per heavy atom. The van der Waals surface area contributed by atoms with Crippen molar-refractivity contribution >= 4 is 21.6 Å². The molecule has 2 fully saturated rings. The van der Waals surface area contributed by atoms with Crippen LogP contribution in [0, 0.1) is 11.7 Å². The van der Waals surface area contributed by atoms with Crippen molar-refractivity contribution < 1.29 is 12.8 Å². The summed E-state index contributed by atoms with van der Waals surface area (Å²) < 4.78 is 40.8. The molecule has 1 aliphatic heterocycles. The minimum atomic E-state index is -3.55. The topological polar surface area (TPSA) is 37.4 Å². The normalized spacial score (nSPS) is 26.8. The summed E-state index contributed by atoms with van der Waals surface area (Å²) in [6.45, 7) is 0.575. The molecule has 0 bridgehead atoms. The first kappa shape index (κ1) is 15.3. The molecule has 116 valence electrons. The van der Waals surface area contributed by atoms with Crippen molar-refractivity contribution in [3.8, 4) is 0 Å². The number of benzene rings is 1. The van der Waals surface area contributed by atoms with Crippen LogP contribution in [-0.2, 0) is 15.9 Å². The first-order valence-electron chi connectivity index (χ1n) is 7.40. The lowest BCUT2D eigenvalue weighted by Gasteiger charge is -2.31. The van der Waals surface area contributed by atoms with Gasteiger partial charge in [0.25, 0.3) is 0 Å². The Morgan fingerprint density at radius 2 is 2.00 bits per heavy atom. The Kier molecular flexibility index (Phi) is 4.26. The summed E-state index contributed by atoms with van der Waals surface area (Å²) >= 11 is 5.68. The summed E-state index contributed by atoms with van der Waals surface area (Å²) in [5.41, 5.74) is 0.233. The van der Waals surface area contributed by atoms with Gasteiger partial charge in [-0.3, -0.25) is 0 Å². The highest BCUT2D eigenvalue weighted by Gasteiger charge is 2.42. The Bertz CT molecular complexity index is 635. The molecular formula is C15H19ClFNO2S. The van der Waals surface area contributed by atoms with Crippen molar-refractivity contribution in [2.45, 2.75) is 48.9 Å². The predicted octanol–water partition coefficient (Wildman–Crippen LogP) is 3.52. The molecule has 1 saturated carbocycles. The third-order valence-corrected chi connectivity index (χ3v) is 6.94. The van der Waals surface area contributed by atoms with E-state index >= 15 is 0 Å². The van der Waals surface area contributed by atoms with Gasteiger partial charge in [0, 0.05) is 18.2 Å². The van der Waals surface area contributed by atoms with Crippen molar-refractivity contribution in [3.63, 3.8) is 0 Å². The monoisotopic (exact) mass is 331 g/mol. The van der Waals surface area contributed by atoms with Crippen LogP contribution in [0.1, 0.15) is 37.7 Å². The number of sulfonamides is 1. The lowest BCUT2D eigenvalue weighted by molar-refractivity contribution is 0.260. The molecule has 6 heteroatoms. The molecule has 21 heavy (non-hydrogen) atoms. The Labute approximate surface area is 130 Å². The van der Waals surface area contributed by atoms with Gasteiger partial charge in [-0.05, 0) is 43.4 Å². The highest BCUT2D eigenvalue weighted by molar-refractivity contribution is 7.89. The molecule has 0 spiro atoms. The van der Waals surface area contributed by atoms with E-state index in [0.29, 0.717) is 12.5 Å².